The lowest BCUT2D eigenvalue weighted by Gasteiger charge is -2.13. The molecule has 0 radical (unpaired) electrons. The topological polar surface area (TPSA) is 118 Å². The molecule has 9 nitrogen and oxygen atoms in total. The van der Waals surface area contributed by atoms with E-state index >= 15 is 0 Å². The molecule has 0 aliphatic carbocycles. The smallest absolute Gasteiger partial charge is 0.294 e. The fourth-order valence-corrected chi connectivity index (χ4v) is 3.88. The second kappa shape index (κ2) is 11.8. The van der Waals surface area contributed by atoms with Gasteiger partial charge in [0.2, 0.25) is 5.91 Å². The van der Waals surface area contributed by atoms with Crippen LogP contribution in [0.25, 0.3) is 6.08 Å². The number of nitriles is 1. The van der Waals surface area contributed by atoms with E-state index in [2.05, 4.69) is 5.32 Å². The predicted octanol–water partition coefficient (Wildman–Crippen LogP) is 4.06. The van der Waals surface area contributed by atoms with Crippen molar-refractivity contribution in [1.29, 1.82) is 5.26 Å². The molecule has 1 fully saturated rings. The molecule has 1 heterocycles. The van der Waals surface area contributed by atoms with Gasteiger partial charge in [0.15, 0.2) is 18.1 Å². The first kappa shape index (κ1) is 24.7. The van der Waals surface area contributed by atoms with Gasteiger partial charge in [-0.15, -0.1) is 0 Å². The monoisotopic (exact) mass is 481 g/mol. The van der Waals surface area contributed by atoms with Gasteiger partial charge in [0.1, 0.15) is 18.4 Å². The Morgan fingerprint density at radius 3 is 2.47 bits per heavy atom. The summed E-state index contributed by atoms with van der Waals surface area (Å²) >= 11 is 0.757. The number of carbonyl (C=O) groups is 3. The Balaban J connectivity index is 1.68. The molecule has 0 aromatic heterocycles. The number of anilines is 1. The van der Waals surface area contributed by atoms with E-state index in [4.69, 9.17) is 19.5 Å². The lowest BCUT2D eigenvalue weighted by molar-refractivity contribution is -0.127. The van der Waals surface area contributed by atoms with Crippen LogP contribution in [0.3, 0.4) is 0 Å². The van der Waals surface area contributed by atoms with E-state index in [0.717, 1.165) is 16.7 Å². The predicted molar refractivity (Wildman–Crippen MR) is 128 cm³/mol. The lowest BCUT2D eigenvalue weighted by Crippen LogP contribution is -2.36. The molecular formula is C24H23N3O6S. The van der Waals surface area contributed by atoms with E-state index < -0.39 is 23.6 Å². The SMILES string of the molecule is CCOc1ccc(NC(=O)CN2C(=O)S/C(=C/c3ccc(OCC#N)c(OCC)c3)C2=O)cc1. The summed E-state index contributed by atoms with van der Waals surface area (Å²) in [4.78, 5) is 38.6. The highest BCUT2D eigenvalue weighted by Crippen LogP contribution is 2.34. The van der Waals surface area contributed by atoms with E-state index in [1.807, 2.05) is 19.9 Å². The minimum atomic E-state index is -0.556. The first-order valence-corrected chi connectivity index (χ1v) is 11.3. The summed E-state index contributed by atoms with van der Waals surface area (Å²) < 4.78 is 16.2. The van der Waals surface area contributed by atoms with Gasteiger partial charge >= 0.3 is 0 Å². The van der Waals surface area contributed by atoms with Gasteiger partial charge in [-0.1, -0.05) is 6.07 Å². The number of amides is 3. The maximum Gasteiger partial charge on any atom is 0.294 e. The van der Waals surface area contributed by atoms with Gasteiger partial charge < -0.3 is 19.5 Å². The van der Waals surface area contributed by atoms with Crippen LogP contribution in [0.1, 0.15) is 19.4 Å². The number of thioether (sulfide) groups is 1. The van der Waals surface area contributed by atoms with E-state index in [0.29, 0.717) is 41.7 Å². The zero-order valence-electron chi connectivity index (χ0n) is 18.7. The van der Waals surface area contributed by atoms with Crippen LogP contribution >= 0.6 is 11.8 Å². The Hall–Kier alpha value is -3.97. The summed E-state index contributed by atoms with van der Waals surface area (Å²) in [6, 6.07) is 13.6. The van der Waals surface area contributed by atoms with Gasteiger partial charge in [-0.3, -0.25) is 19.3 Å². The molecule has 0 atom stereocenters. The maximum absolute atomic E-state index is 12.8. The average molecular weight is 482 g/mol. The molecule has 1 N–H and O–H groups in total. The summed E-state index contributed by atoms with van der Waals surface area (Å²) in [6.07, 6.45) is 1.55. The quantitative estimate of drug-likeness (QED) is 0.505. The Morgan fingerprint density at radius 2 is 1.79 bits per heavy atom. The third-order valence-corrected chi connectivity index (χ3v) is 5.39. The Kier molecular flexibility index (Phi) is 8.54. The number of carbonyl (C=O) groups excluding carboxylic acids is 3. The molecule has 10 heteroatoms. The number of benzene rings is 2. The van der Waals surface area contributed by atoms with Crippen LogP contribution in [0.5, 0.6) is 17.2 Å². The second-order valence-electron chi connectivity index (χ2n) is 6.86. The number of nitrogens with one attached hydrogen (secondary N) is 1. The number of ether oxygens (including phenoxy) is 3. The molecule has 0 unspecified atom stereocenters. The molecule has 0 saturated carbocycles. The third kappa shape index (κ3) is 6.30. The first-order chi connectivity index (χ1) is 16.4. The summed E-state index contributed by atoms with van der Waals surface area (Å²) in [7, 11) is 0. The van der Waals surface area contributed by atoms with E-state index in [1.54, 1.807) is 48.5 Å². The number of hydrogen-bond donors (Lipinski definition) is 1. The molecule has 0 spiro atoms. The zero-order chi connectivity index (χ0) is 24.5. The third-order valence-electron chi connectivity index (χ3n) is 4.48. The van der Waals surface area contributed by atoms with Crippen LogP contribution in [-0.2, 0) is 9.59 Å². The molecule has 1 aliphatic heterocycles. The van der Waals surface area contributed by atoms with E-state index in [1.165, 1.54) is 0 Å². The molecule has 2 aromatic rings. The van der Waals surface area contributed by atoms with Crippen molar-refractivity contribution in [2.75, 3.05) is 31.7 Å². The van der Waals surface area contributed by atoms with E-state index in [9.17, 15) is 14.4 Å². The maximum atomic E-state index is 12.8. The van der Waals surface area contributed by atoms with Gasteiger partial charge in [0.05, 0.1) is 18.1 Å². The second-order valence-corrected chi connectivity index (χ2v) is 7.85. The van der Waals surface area contributed by atoms with Crippen LogP contribution in [0.4, 0.5) is 10.5 Å². The fraction of sp³-hybridized carbons (Fsp3) is 0.250. The Labute approximate surface area is 201 Å². The number of imide groups is 1. The molecule has 3 rings (SSSR count). The minimum Gasteiger partial charge on any atom is -0.494 e. The largest absolute Gasteiger partial charge is 0.494 e. The number of hydrogen-bond acceptors (Lipinski definition) is 8. The van der Waals surface area contributed by atoms with Crippen molar-refractivity contribution < 1.29 is 28.6 Å². The Morgan fingerprint density at radius 1 is 1.06 bits per heavy atom. The minimum absolute atomic E-state index is 0.128. The van der Waals surface area contributed by atoms with Crippen molar-refractivity contribution in [3.8, 4) is 23.3 Å². The normalized spacial score (nSPS) is 14.1. The Bertz CT molecular complexity index is 1140. The standard InChI is InChI=1S/C24H23N3O6S/c1-3-31-18-8-6-17(7-9-18)26-22(28)15-27-23(29)21(34-24(27)30)14-16-5-10-19(33-12-11-25)20(13-16)32-4-2/h5-10,13-14H,3-4,12,15H2,1-2H3,(H,26,28)/b21-14+. The summed E-state index contributed by atoms with van der Waals surface area (Å²) in [6.45, 7) is 4.07. The van der Waals surface area contributed by atoms with E-state index in [-0.39, 0.29) is 11.5 Å². The van der Waals surface area contributed by atoms with Crippen molar-refractivity contribution in [3.63, 3.8) is 0 Å². The van der Waals surface area contributed by atoms with Gasteiger partial charge in [0, 0.05) is 5.69 Å². The molecule has 34 heavy (non-hydrogen) atoms. The zero-order valence-corrected chi connectivity index (χ0v) is 19.5. The highest BCUT2D eigenvalue weighted by Gasteiger charge is 2.36. The molecule has 2 aromatic carbocycles. The van der Waals surface area contributed by atoms with Gasteiger partial charge in [-0.2, -0.15) is 5.26 Å². The van der Waals surface area contributed by atoms with Gasteiger partial charge in [-0.25, -0.2) is 0 Å². The summed E-state index contributed by atoms with van der Waals surface area (Å²) in [5.74, 6) is 0.443. The lowest BCUT2D eigenvalue weighted by atomic mass is 10.2. The molecule has 1 saturated heterocycles. The highest BCUT2D eigenvalue weighted by molar-refractivity contribution is 8.18. The van der Waals surface area contributed by atoms with Crippen molar-refractivity contribution in [2.24, 2.45) is 0 Å². The van der Waals surface area contributed by atoms with Crippen LogP contribution in [0.2, 0.25) is 0 Å². The van der Waals surface area contributed by atoms with Crippen LogP contribution < -0.4 is 19.5 Å². The first-order valence-electron chi connectivity index (χ1n) is 10.5. The van der Waals surface area contributed by atoms with Crippen molar-refractivity contribution >= 4 is 40.6 Å². The van der Waals surface area contributed by atoms with Gasteiger partial charge in [0.25, 0.3) is 11.1 Å². The highest BCUT2D eigenvalue weighted by atomic mass is 32.2. The molecule has 1 aliphatic rings. The van der Waals surface area contributed by atoms with Crippen LogP contribution in [-0.4, -0.2) is 48.3 Å². The summed E-state index contributed by atoms with van der Waals surface area (Å²) in [5.41, 5.74) is 1.13. The average Bonchev–Trinajstić information content (AvgIpc) is 3.07. The molecule has 0 bridgehead atoms. The fourth-order valence-electron chi connectivity index (χ4n) is 3.04. The van der Waals surface area contributed by atoms with Crippen molar-refractivity contribution in [2.45, 2.75) is 13.8 Å². The number of nitrogens with zero attached hydrogens (tertiary/aromatic N) is 2. The van der Waals surface area contributed by atoms with Gasteiger partial charge in [-0.05, 0) is 73.6 Å². The van der Waals surface area contributed by atoms with Crippen LogP contribution in [0.15, 0.2) is 47.4 Å². The molecular weight excluding hydrogens is 458 g/mol. The summed E-state index contributed by atoms with van der Waals surface area (Å²) in [5, 5.41) is 10.8. The molecule has 176 valence electrons. The molecule has 3 amide bonds. The number of rotatable bonds is 10. The van der Waals surface area contributed by atoms with Crippen LogP contribution in [0, 0.1) is 11.3 Å². The van der Waals surface area contributed by atoms with Crippen molar-refractivity contribution in [1.82, 2.24) is 4.90 Å². The van der Waals surface area contributed by atoms with Crippen molar-refractivity contribution in [3.05, 3.63) is 52.9 Å².